The molecule has 166 valence electrons. The summed E-state index contributed by atoms with van der Waals surface area (Å²) < 4.78 is 18.6. The number of fused-ring (bicyclic) bond motifs is 1. The minimum Gasteiger partial charge on any atom is -0.454 e. The second-order valence-corrected chi connectivity index (χ2v) is 6.84. The van der Waals surface area contributed by atoms with Crippen molar-refractivity contribution in [3.63, 3.8) is 0 Å². The normalized spacial score (nSPS) is 10.6. The van der Waals surface area contributed by atoms with Gasteiger partial charge in [0.25, 0.3) is 17.0 Å². The number of H-pyrrole nitrogens is 1. The minimum absolute atomic E-state index is 0.145. The first-order valence-corrected chi connectivity index (χ1v) is 9.41. The van der Waals surface area contributed by atoms with E-state index in [1.54, 1.807) is 12.1 Å². The topological polar surface area (TPSA) is 131 Å². The van der Waals surface area contributed by atoms with Crippen LogP contribution >= 0.6 is 0 Å². The molecule has 11 heteroatoms. The fourth-order valence-electron chi connectivity index (χ4n) is 2.82. The quantitative estimate of drug-likeness (QED) is 0.512. The fraction of sp³-hybridized carbons (Fsp3) is 0.190. The molecule has 0 aliphatic carbocycles. The van der Waals surface area contributed by atoms with Crippen LogP contribution in [0.5, 0.6) is 0 Å². The van der Waals surface area contributed by atoms with E-state index in [9.17, 15) is 28.4 Å². The average Bonchev–Trinajstić information content (AvgIpc) is 2.77. The van der Waals surface area contributed by atoms with Gasteiger partial charge in [-0.3, -0.25) is 29.1 Å². The maximum Gasteiger partial charge on any atom is 0.328 e. The third kappa shape index (κ3) is 5.45. The van der Waals surface area contributed by atoms with Gasteiger partial charge in [0.05, 0.1) is 17.3 Å². The van der Waals surface area contributed by atoms with Crippen LogP contribution in [0.2, 0.25) is 0 Å². The molecule has 2 N–H and O–H groups in total. The van der Waals surface area contributed by atoms with Crippen molar-refractivity contribution in [2.24, 2.45) is 0 Å². The highest BCUT2D eigenvalue weighted by atomic mass is 19.1. The maximum atomic E-state index is 12.9. The van der Waals surface area contributed by atoms with E-state index in [-0.39, 0.29) is 17.3 Å². The molecule has 0 spiro atoms. The highest BCUT2D eigenvalue weighted by Gasteiger charge is 2.17. The second kappa shape index (κ2) is 9.69. The number of carbonyl (C=O) groups is 3. The van der Waals surface area contributed by atoms with Crippen LogP contribution in [0.1, 0.15) is 0 Å². The monoisotopic (exact) mass is 442 g/mol. The van der Waals surface area contributed by atoms with E-state index < -0.39 is 47.9 Å². The van der Waals surface area contributed by atoms with Crippen LogP contribution < -0.4 is 16.4 Å². The number of carbonyl (C=O) groups excluding carboxylic acids is 3. The Morgan fingerprint density at radius 2 is 1.72 bits per heavy atom. The molecule has 0 radical (unpaired) electrons. The zero-order chi connectivity index (χ0) is 23.3. The Morgan fingerprint density at radius 1 is 1.06 bits per heavy atom. The maximum absolute atomic E-state index is 12.9. The van der Waals surface area contributed by atoms with E-state index in [4.69, 9.17) is 4.74 Å². The number of hydrogen-bond acceptors (Lipinski definition) is 6. The SMILES string of the molecule is CN(CC(=O)Nc1ccc(F)cc1)C(=O)COC(=O)Cn1[nH]c(=O)c2ccccc2c1=O. The summed E-state index contributed by atoms with van der Waals surface area (Å²) in [7, 11) is 1.34. The number of hydrogen-bond donors (Lipinski definition) is 2. The van der Waals surface area contributed by atoms with Crippen molar-refractivity contribution in [2.75, 3.05) is 25.5 Å². The number of amides is 2. The Bertz CT molecular complexity index is 1280. The molecule has 0 unspecified atom stereocenters. The lowest BCUT2D eigenvalue weighted by Crippen LogP contribution is -2.38. The third-order valence-corrected chi connectivity index (χ3v) is 4.46. The molecular weight excluding hydrogens is 423 g/mol. The first-order valence-electron chi connectivity index (χ1n) is 9.41. The molecule has 0 aliphatic rings. The van der Waals surface area contributed by atoms with Gasteiger partial charge in [0.15, 0.2) is 6.61 Å². The average molecular weight is 442 g/mol. The van der Waals surface area contributed by atoms with Crippen molar-refractivity contribution in [3.05, 3.63) is 75.1 Å². The van der Waals surface area contributed by atoms with Gasteiger partial charge in [0, 0.05) is 12.7 Å². The van der Waals surface area contributed by atoms with Crippen molar-refractivity contribution in [1.29, 1.82) is 0 Å². The number of aromatic nitrogens is 2. The Morgan fingerprint density at radius 3 is 2.41 bits per heavy atom. The standard InChI is InChI=1S/C21H19FN4O6/c1-25(10-17(27)23-14-8-6-13(22)7-9-14)18(28)12-32-19(29)11-26-21(31)16-5-3-2-4-15(16)20(30)24-26/h2-9H,10-12H2,1H3,(H,23,27)(H,24,30). The summed E-state index contributed by atoms with van der Waals surface area (Å²) in [6, 6.07) is 11.2. The van der Waals surface area contributed by atoms with E-state index in [0.717, 1.165) is 9.58 Å². The van der Waals surface area contributed by atoms with Crippen molar-refractivity contribution >= 4 is 34.2 Å². The molecule has 0 bridgehead atoms. The van der Waals surface area contributed by atoms with Gasteiger partial charge in [0.1, 0.15) is 12.4 Å². The first-order chi connectivity index (χ1) is 15.2. The molecule has 1 aromatic heterocycles. The van der Waals surface area contributed by atoms with Crippen molar-refractivity contribution in [1.82, 2.24) is 14.7 Å². The van der Waals surface area contributed by atoms with Crippen molar-refractivity contribution in [2.45, 2.75) is 6.54 Å². The van der Waals surface area contributed by atoms with E-state index in [1.807, 2.05) is 0 Å². The Labute approximate surface area is 180 Å². The van der Waals surface area contributed by atoms with Gasteiger partial charge in [-0.1, -0.05) is 12.1 Å². The predicted octanol–water partition coefficient (Wildman–Crippen LogP) is 0.469. The number of nitrogens with zero attached hydrogens (tertiary/aromatic N) is 2. The molecule has 0 atom stereocenters. The number of likely N-dealkylation sites (N-methyl/N-ethyl adjacent to an activating group) is 1. The fourth-order valence-corrected chi connectivity index (χ4v) is 2.82. The lowest BCUT2D eigenvalue weighted by atomic mass is 10.2. The molecule has 0 aliphatic heterocycles. The number of rotatable bonds is 7. The van der Waals surface area contributed by atoms with Gasteiger partial charge >= 0.3 is 5.97 Å². The van der Waals surface area contributed by atoms with Crippen LogP contribution in [0.15, 0.2) is 58.1 Å². The number of anilines is 1. The van der Waals surface area contributed by atoms with Gasteiger partial charge in [0.2, 0.25) is 5.91 Å². The number of halogens is 1. The van der Waals surface area contributed by atoms with Crippen LogP contribution in [0.25, 0.3) is 10.8 Å². The van der Waals surface area contributed by atoms with E-state index >= 15 is 0 Å². The molecule has 3 rings (SSSR count). The molecule has 2 amide bonds. The highest BCUT2D eigenvalue weighted by Crippen LogP contribution is 2.08. The van der Waals surface area contributed by atoms with Crippen molar-refractivity contribution < 1.29 is 23.5 Å². The number of benzene rings is 2. The summed E-state index contributed by atoms with van der Waals surface area (Å²) in [5.41, 5.74) is -0.771. The number of aromatic amines is 1. The molecular formula is C21H19FN4O6. The van der Waals surface area contributed by atoms with E-state index in [0.29, 0.717) is 5.69 Å². The van der Waals surface area contributed by atoms with Crippen molar-refractivity contribution in [3.8, 4) is 0 Å². The number of nitrogens with one attached hydrogen (secondary N) is 2. The van der Waals surface area contributed by atoms with Gasteiger partial charge < -0.3 is 15.0 Å². The lowest BCUT2D eigenvalue weighted by Gasteiger charge is -2.17. The van der Waals surface area contributed by atoms with Gasteiger partial charge in [-0.2, -0.15) is 0 Å². The zero-order valence-electron chi connectivity index (χ0n) is 17.0. The second-order valence-electron chi connectivity index (χ2n) is 6.84. The van der Waals surface area contributed by atoms with E-state index in [1.165, 1.54) is 43.4 Å². The van der Waals surface area contributed by atoms with Gasteiger partial charge in [-0.05, 0) is 36.4 Å². The minimum atomic E-state index is -0.921. The molecule has 3 aromatic rings. The molecule has 0 saturated heterocycles. The van der Waals surface area contributed by atoms with Gasteiger partial charge in [-0.15, -0.1) is 0 Å². The highest BCUT2D eigenvalue weighted by molar-refractivity contribution is 5.94. The van der Waals surface area contributed by atoms with Crippen LogP contribution in [-0.2, 0) is 25.7 Å². The summed E-state index contributed by atoms with van der Waals surface area (Å²) >= 11 is 0. The third-order valence-electron chi connectivity index (χ3n) is 4.46. The Kier molecular flexibility index (Phi) is 6.78. The molecule has 10 nitrogen and oxygen atoms in total. The largest absolute Gasteiger partial charge is 0.454 e. The van der Waals surface area contributed by atoms with Gasteiger partial charge in [-0.25, -0.2) is 9.07 Å². The molecule has 0 saturated carbocycles. The summed E-state index contributed by atoms with van der Waals surface area (Å²) in [4.78, 5) is 61.6. The number of ether oxygens (including phenoxy) is 1. The summed E-state index contributed by atoms with van der Waals surface area (Å²) in [6.07, 6.45) is 0. The van der Waals surface area contributed by atoms with Crippen LogP contribution in [0.3, 0.4) is 0 Å². The van der Waals surface area contributed by atoms with Crippen LogP contribution in [0, 0.1) is 5.82 Å². The number of esters is 1. The van der Waals surface area contributed by atoms with Crippen LogP contribution in [0.4, 0.5) is 10.1 Å². The predicted molar refractivity (Wildman–Crippen MR) is 112 cm³/mol. The first kappa shape index (κ1) is 22.4. The molecule has 2 aromatic carbocycles. The summed E-state index contributed by atoms with van der Waals surface area (Å²) in [5.74, 6) is -2.56. The molecule has 1 heterocycles. The summed E-state index contributed by atoms with van der Waals surface area (Å²) in [6.45, 7) is -1.59. The molecule has 32 heavy (non-hydrogen) atoms. The lowest BCUT2D eigenvalue weighted by molar-refractivity contribution is -0.152. The van der Waals surface area contributed by atoms with Crippen LogP contribution in [-0.4, -0.2) is 52.7 Å². The zero-order valence-corrected chi connectivity index (χ0v) is 17.0. The Hall–Kier alpha value is -4.28. The molecule has 0 fully saturated rings. The summed E-state index contributed by atoms with van der Waals surface area (Å²) in [5, 5.41) is 5.13. The van der Waals surface area contributed by atoms with E-state index in [2.05, 4.69) is 10.4 Å². The Balaban J connectivity index is 1.52. The smallest absolute Gasteiger partial charge is 0.328 e.